The minimum Gasteiger partial charge on any atom is -0.548 e. The smallest absolute Gasteiger partial charge is 0.259 e. The third kappa shape index (κ3) is 2.66. The van der Waals surface area contributed by atoms with Gasteiger partial charge in [0.1, 0.15) is 28.5 Å². The lowest BCUT2D eigenvalue weighted by atomic mass is 9.96. The van der Waals surface area contributed by atoms with Gasteiger partial charge in [-0.2, -0.15) is 0 Å². The number of hydrogen-bond donors (Lipinski definition) is 1. The number of fused-ring (bicyclic) bond motifs is 1. The number of methoxy groups -OCH3 is 2. The number of carbonyl (C=O) groups excluding carboxylic acids is 3. The first-order valence-electron chi connectivity index (χ1n) is 7.95. The highest BCUT2D eigenvalue weighted by molar-refractivity contribution is 8.01. The van der Waals surface area contributed by atoms with Crippen LogP contribution < -0.4 is 19.9 Å². The molecule has 140 valence electrons. The van der Waals surface area contributed by atoms with Gasteiger partial charge in [-0.05, 0) is 26.0 Å². The largest absolute Gasteiger partial charge is 0.548 e. The lowest BCUT2D eigenvalue weighted by Crippen LogP contribution is -2.71. The van der Waals surface area contributed by atoms with Gasteiger partial charge in [-0.25, -0.2) is 0 Å². The van der Waals surface area contributed by atoms with E-state index in [1.165, 1.54) is 30.9 Å². The van der Waals surface area contributed by atoms with E-state index in [0.29, 0.717) is 11.5 Å². The molecule has 2 aliphatic heterocycles. The fraction of sp³-hybridized carbons (Fsp3) is 0.471. The first-order chi connectivity index (χ1) is 12.2. The molecule has 0 aliphatic carbocycles. The number of nitrogens with zero attached hydrogens (tertiary/aromatic N) is 1. The van der Waals surface area contributed by atoms with E-state index in [4.69, 9.17) is 9.47 Å². The van der Waals surface area contributed by atoms with Crippen LogP contribution in [0.4, 0.5) is 0 Å². The van der Waals surface area contributed by atoms with Crippen molar-refractivity contribution in [2.24, 2.45) is 0 Å². The number of benzene rings is 1. The van der Waals surface area contributed by atoms with Crippen molar-refractivity contribution in [2.45, 2.75) is 36.1 Å². The van der Waals surface area contributed by atoms with Crippen molar-refractivity contribution in [3.63, 3.8) is 0 Å². The molecular formula is C17H19N2O6S-. The summed E-state index contributed by atoms with van der Waals surface area (Å²) in [7, 11) is 2.86. The van der Waals surface area contributed by atoms with Crippen molar-refractivity contribution in [1.82, 2.24) is 10.2 Å². The van der Waals surface area contributed by atoms with Gasteiger partial charge in [0.05, 0.1) is 26.2 Å². The van der Waals surface area contributed by atoms with E-state index >= 15 is 0 Å². The van der Waals surface area contributed by atoms with Crippen LogP contribution in [0.1, 0.15) is 24.2 Å². The zero-order valence-corrected chi connectivity index (χ0v) is 15.6. The van der Waals surface area contributed by atoms with Crippen LogP contribution in [0.15, 0.2) is 18.2 Å². The quantitative estimate of drug-likeness (QED) is 0.695. The number of carboxylic acids is 1. The minimum atomic E-state index is -1.30. The highest BCUT2D eigenvalue weighted by Crippen LogP contribution is 2.50. The van der Waals surface area contributed by atoms with E-state index in [1.54, 1.807) is 32.0 Å². The van der Waals surface area contributed by atoms with Crippen LogP contribution in [-0.4, -0.2) is 59.1 Å². The summed E-state index contributed by atoms with van der Waals surface area (Å²) in [5.41, 5.74) is 0.183. The average molecular weight is 379 g/mol. The van der Waals surface area contributed by atoms with E-state index < -0.39 is 40.0 Å². The second-order valence-electron chi connectivity index (χ2n) is 6.57. The highest BCUT2D eigenvalue weighted by Gasteiger charge is 2.62. The van der Waals surface area contributed by atoms with E-state index in [2.05, 4.69) is 5.32 Å². The summed E-state index contributed by atoms with van der Waals surface area (Å²) >= 11 is 1.33. The molecule has 26 heavy (non-hydrogen) atoms. The normalized spacial score (nSPS) is 25.9. The molecule has 2 aliphatic rings. The molecule has 0 bridgehead atoms. The van der Waals surface area contributed by atoms with Crippen LogP contribution in [-0.2, 0) is 9.59 Å². The summed E-state index contributed by atoms with van der Waals surface area (Å²) in [6, 6.07) is 3.08. The third-order valence-electron chi connectivity index (χ3n) is 4.61. The van der Waals surface area contributed by atoms with Gasteiger partial charge in [-0.1, -0.05) is 6.07 Å². The molecule has 3 atom stereocenters. The summed E-state index contributed by atoms with van der Waals surface area (Å²) in [6.07, 6.45) is 0. The molecule has 1 aromatic carbocycles. The molecule has 2 heterocycles. The number of nitrogens with one attached hydrogen (secondary N) is 1. The first kappa shape index (κ1) is 18.4. The molecule has 0 saturated carbocycles. The van der Waals surface area contributed by atoms with Gasteiger partial charge < -0.3 is 29.6 Å². The second-order valence-corrected chi connectivity index (χ2v) is 8.34. The van der Waals surface area contributed by atoms with Crippen LogP contribution in [0, 0.1) is 0 Å². The van der Waals surface area contributed by atoms with Gasteiger partial charge in [-0.3, -0.25) is 9.59 Å². The molecule has 1 N–H and O–H groups in total. The minimum absolute atomic E-state index is 0.183. The van der Waals surface area contributed by atoms with Crippen LogP contribution >= 0.6 is 11.8 Å². The zero-order chi connectivity index (χ0) is 19.2. The molecule has 3 unspecified atom stereocenters. The summed E-state index contributed by atoms with van der Waals surface area (Å²) in [4.78, 5) is 37.9. The Kier molecular flexibility index (Phi) is 4.51. The molecule has 3 rings (SSSR count). The van der Waals surface area contributed by atoms with Gasteiger partial charge >= 0.3 is 0 Å². The van der Waals surface area contributed by atoms with Gasteiger partial charge in [0.15, 0.2) is 0 Å². The topological polar surface area (TPSA) is 108 Å². The van der Waals surface area contributed by atoms with Crippen molar-refractivity contribution >= 4 is 29.5 Å². The molecular weight excluding hydrogens is 360 g/mol. The third-order valence-corrected chi connectivity index (χ3v) is 6.18. The van der Waals surface area contributed by atoms with Gasteiger partial charge in [0.25, 0.3) is 5.91 Å². The number of rotatable bonds is 5. The van der Waals surface area contributed by atoms with Crippen LogP contribution in [0.3, 0.4) is 0 Å². The molecule has 1 aromatic rings. The first-order valence-corrected chi connectivity index (χ1v) is 8.83. The fourth-order valence-corrected chi connectivity index (χ4v) is 5.04. The lowest BCUT2D eigenvalue weighted by Gasteiger charge is -2.45. The summed E-state index contributed by atoms with van der Waals surface area (Å²) in [5.74, 6) is -1.62. The van der Waals surface area contributed by atoms with Gasteiger partial charge in [0.2, 0.25) is 5.91 Å². The van der Waals surface area contributed by atoms with Crippen molar-refractivity contribution in [1.29, 1.82) is 0 Å². The Bertz CT molecular complexity index is 758. The molecule has 2 fully saturated rings. The number of carboxylic acid groups (broad SMARTS) is 1. The van der Waals surface area contributed by atoms with E-state index in [1.807, 2.05) is 0 Å². The van der Waals surface area contributed by atoms with E-state index in [9.17, 15) is 19.5 Å². The van der Waals surface area contributed by atoms with Crippen LogP contribution in [0.2, 0.25) is 0 Å². The maximum atomic E-state index is 12.7. The fourth-order valence-electron chi connectivity index (χ4n) is 3.41. The Balaban J connectivity index is 1.83. The van der Waals surface area contributed by atoms with Crippen molar-refractivity contribution in [3.8, 4) is 11.5 Å². The Morgan fingerprint density at radius 1 is 1.23 bits per heavy atom. The van der Waals surface area contributed by atoms with Gasteiger partial charge in [0, 0.05) is 4.75 Å². The molecule has 0 aromatic heterocycles. The van der Waals surface area contributed by atoms with Crippen LogP contribution in [0.5, 0.6) is 11.5 Å². The Morgan fingerprint density at radius 2 is 1.81 bits per heavy atom. The number of carbonyl (C=O) groups is 3. The lowest BCUT2D eigenvalue weighted by molar-refractivity contribution is -0.312. The number of hydrogen-bond acceptors (Lipinski definition) is 7. The van der Waals surface area contributed by atoms with E-state index in [0.717, 1.165) is 0 Å². The molecule has 9 heteroatoms. The van der Waals surface area contributed by atoms with Gasteiger partial charge in [-0.15, -0.1) is 11.8 Å². The Morgan fingerprint density at radius 3 is 2.31 bits per heavy atom. The Hall–Kier alpha value is -2.42. The summed E-state index contributed by atoms with van der Waals surface area (Å²) < 4.78 is 9.71. The van der Waals surface area contributed by atoms with E-state index in [-0.39, 0.29) is 5.56 Å². The average Bonchev–Trinajstić information content (AvgIpc) is 2.86. The summed E-state index contributed by atoms with van der Waals surface area (Å²) in [5, 5.41) is 13.7. The molecule has 2 saturated heterocycles. The molecule has 2 amide bonds. The molecule has 0 radical (unpaired) electrons. The number of amides is 2. The summed E-state index contributed by atoms with van der Waals surface area (Å²) in [6.45, 7) is 3.48. The number of ether oxygens (including phenoxy) is 2. The maximum absolute atomic E-state index is 12.7. The number of β-lactam (4-membered cyclic amide) rings is 1. The monoisotopic (exact) mass is 379 g/mol. The maximum Gasteiger partial charge on any atom is 0.259 e. The van der Waals surface area contributed by atoms with Crippen molar-refractivity contribution in [2.75, 3.05) is 14.2 Å². The molecule has 8 nitrogen and oxygen atoms in total. The number of thioether (sulfide) groups is 1. The predicted molar refractivity (Wildman–Crippen MR) is 91.9 cm³/mol. The SMILES string of the molecule is COc1cccc(OC)c1C(=O)NC1C(=O)N2C1SC(C)(C)C2C(=O)[O-]. The Labute approximate surface area is 154 Å². The molecule has 0 spiro atoms. The predicted octanol–water partition coefficient (Wildman–Crippen LogP) is -0.386. The van der Waals surface area contributed by atoms with Crippen molar-refractivity contribution in [3.05, 3.63) is 23.8 Å². The standard InChI is InChI=1S/C17H20N2O6S/c1-17(2)12(16(22)23)19-14(21)11(15(19)26-17)18-13(20)10-8(24-3)6-5-7-9(10)25-4/h5-7,11-12,15H,1-4H3,(H,18,20)(H,22,23)/p-1. The van der Waals surface area contributed by atoms with Crippen LogP contribution in [0.25, 0.3) is 0 Å². The highest BCUT2D eigenvalue weighted by atomic mass is 32.2. The number of aliphatic carboxylic acids is 1. The van der Waals surface area contributed by atoms with Crippen molar-refractivity contribution < 1.29 is 29.0 Å². The second kappa shape index (κ2) is 6.39. The zero-order valence-electron chi connectivity index (χ0n) is 14.8.